The van der Waals surface area contributed by atoms with Crippen LogP contribution in [-0.2, 0) is 13.7 Å². The van der Waals surface area contributed by atoms with Crippen molar-refractivity contribution in [1.82, 2.24) is 9.78 Å². The largest absolute Gasteiger partial charge is 0.487 e. The van der Waals surface area contributed by atoms with Crippen LogP contribution in [0.25, 0.3) is 0 Å². The molecule has 1 N–H and O–H groups in total. The molecule has 0 fully saturated rings. The molecule has 1 heterocycles. The van der Waals surface area contributed by atoms with E-state index in [4.69, 9.17) is 9.84 Å². The highest BCUT2D eigenvalue weighted by molar-refractivity contribution is 9.10. The molecule has 0 atom stereocenters. The molecular formula is C12H11BrN2O3. The number of carboxylic acid groups (broad SMARTS) is 1. The summed E-state index contributed by atoms with van der Waals surface area (Å²) in [6, 6.07) is 6.68. The number of hydrogen-bond acceptors (Lipinski definition) is 3. The van der Waals surface area contributed by atoms with Crippen LogP contribution in [0.1, 0.15) is 16.1 Å². The maximum Gasteiger partial charge on any atom is 0.336 e. The lowest BCUT2D eigenvalue weighted by atomic mass is 10.2. The molecular weight excluding hydrogens is 300 g/mol. The number of aryl methyl sites for hydroxylation is 1. The maximum absolute atomic E-state index is 11.0. The van der Waals surface area contributed by atoms with Gasteiger partial charge in [-0.25, -0.2) is 4.79 Å². The Labute approximate surface area is 112 Å². The minimum atomic E-state index is -0.995. The lowest BCUT2D eigenvalue weighted by Gasteiger charge is -2.06. The Morgan fingerprint density at radius 2 is 2.28 bits per heavy atom. The fourth-order valence-corrected chi connectivity index (χ4v) is 1.87. The van der Waals surface area contributed by atoms with Gasteiger partial charge in [0.2, 0.25) is 0 Å². The van der Waals surface area contributed by atoms with Gasteiger partial charge < -0.3 is 9.84 Å². The second-order valence-corrected chi connectivity index (χ2v) is 4.57. The minimum Gasteiger partial charge on any atom is -0.487 e. The topological polar surface area (TPSA) is 64.3 Å². The summed E-state index contributed by atoms with van der Waals surface area (Å²) in [5, 5.41) is 13.1. The van der Waals surface area contributed by atoms with Crippen LogP contribution in [0.2, 0.25) is 0 Å². The molecule has 2 aromatic rings. The number of ether oxygens (including phenoxy) is 1. The van der Waals surface area contributed by atoms with E-state index < -0.39 is 5.97 Å². The Kier molecular flexibility index (Phi) is 3.66. The number of benzene rings is 1. The first-order valence-corrected chi connectivity index (χ1v) is 6.00. The smallest absolute Gasteiger partial charge is 0.336 e. The number of carboxylic acids is 1. The Hall–Kier alpha value is -1.82. The van der Waals surface area contributed by atoms with E-state index in [2.05, 4.69) is 21.0 Å². The van der Waals surface area contributed by atoms with Gasteiger partial charge in [-0.05, 0) is 40.2 Å². The second kappa shape index (κ2) is 5.22. The van der Waals surface area contributed by atoms with Gasteiger partial charge in [0.15, 0.2) is 0 Å². The quantitative estimate of drug-likeness (QED) is 0.942. The number of aromatic carboxylic acids is 1. The Morgan fingerprint density at radius 1 is 1.50 bits per heavy atom. The normalized spacial score (nSPS) is 10.3. The SMILES string of the molecule is Cn1ccc(COc2ccc(Br)c(C(=O)O)c2)n1. The van der Waals surface area contributed by atoms with Crippen LogP contribution >= 0.6 is 15.9 Å². The fraction of sp³-hybridized carbons (Fsp3) is 0.167. The fourth-order valence-electron chi connectivity index (χ4n) is 1.46. The Morgan fingerprint density at radius 3 is 2.89 bits per heavy atom. The average Bonchev–Trinajstić information content (AvgIpc) is 2.74. The predicted octanol–water partition coefficient (Wildman–Crippen LogP) is 2.46. The second-order valence-electron chi connectivity index (χ2n) is 3.72. The summed E-state index contributed by atoms with van der Waals surface area (Å²) in [5.74, 6) is -0.494. The molecule has 1 aromatic heterocycles. The van der Waals surface area contributed by atoms with Gasteiger partial charge in [0.1, 0.15) is 12.4 Å². The van der Waals surface area contributed by atoms with E-state index in [0.29, 0.717) is 16.8 Å². The van der Waals surface area contributed by atoms with Crippen molar-refractivity contribution in [2.75, 3.05) is 0 Å². The van der Waals surface area contributed by atoms with Crippen LogP contribution in [0, 0.1) is 0 Å². The molecule has 0 saturated carbocycles. The summed E-state index contributed by atoms with van der Waals surface area (Å²) in [6.45, 7) is 0.307. The molecule has 5 nitrogen and oxygen atoms in total. The van der Waals surface area contributed by atoms with Gasteiger partial charge in [0.05, 0.1) is 11.3 Å². The van der Waals surface area contributed by atoms with E-state index in [1.165, 1.54) is 6.07 Å². The number of carbonyl (C=O) groups is 1. The van der Waals surface area contributed by atoms with Gasteiger partial charge in [-0.3, -0.25) is 4.68 Å². The Bertz CT molecular complexity index is 580. The molecule has 0 amide bonds. The van der Waals surface area contributed by atoms with E-state index in [-0.39, 0.29) is 5.56 Å². The standard InChI is InChI=1S/C12H11BrN2O3/c1-15-5-4-8(14-15)7-18-9-2-3-11(13)10(6-9)12(16)17/h2-6H,7H2,1H3,(H,16,17). The first-order chi connectivity index (χ1) is 8.56. The molecule has 0 aliphatic rings. The van der Waals surface area contributed by atoms with Gasteiger partial charge in [0, 0.05) is 17.7 Å². The summed E-state index contributed by atoms with van der Waals surface area (Å²) in [7, 11) is 1.83. The molecule has 0 unspecified atom stereocenters. The summed E-state index contributed by atoms with van der Waals surface area (Å²) in [6.07, 6.45) is 1.82. The highest BCUT2D eigenvalue weighted by atomic mass is 79.9. The van der Waals surface area contributed by atoms with Crippen LogP contribution < -0.4 is 4.74 Å². The van der Waals surface area contributed by atoms with Crippen molar-refractivity contribution in [1.29, 1.82) is 0 Å². The monoisotopic (exact) mass is 310 g/mol. The molecule has 0 aliphatic heterocycles. The summed E-state index contributed by atoms with van der Waals surface area (Å²) >= 11 is 3.18. The molecule has 0 aliphatic carbocycles. The van der Waals surface area contributed by atoms with Crippen LogP contribution in [0.3, 0.4) is 0 Å². The van der Waals surface area contributed by atoms with Crippen LogP contribution in [0.5, 0.6) is 5.75 Å². The van der Waals surface area contributed by atoms with E-state index in [1.807, 2.05) is 19.3 Å². The van der Waals surface area contributed by atoms with Crippen molar-refractivity contribution >= 4 is 21.9 Å². The zero-order valence-electron chi connectivity index (χ0n) is 9.63. The van der Waals surface area contributed by atoms with Crippen molar-refractivity contribution < 1.29 is 14.6 Å². The van der Waals surface area contributed by atoms with Crippen molar-refractivity contribution in [3.8, 4) is 5.75 Å². The number of aromatic nitrogens is 2. The first kappa shape index (κ1) is 12.6. The van der Waals surface area contributed by atoms with Crippen LogP contribution in [-0.4, -0.2) is 20.9 Å². The zero-order chi connectivity index (χ0) is 13.1. The zero-order valence-corrected chi connectivity index (χ0v) is 11.2. The van der Waals surface area contributed by atoms with Gasteiger partial charge >= 0.3 is 5.97 Å². The molecule has 1 aromatic carbocycles. The Balaban J connectivity index is 2.10. The van der Waals surface area contributed by atoms with E-state index in [1.54, 1.807) is 16.8 Å². The van der Waals surface area contributed by atoms with E-state index >= 15 is 0 Å². The van der Waals surface area contributed by atoms with E-state index in [9.17, 15) is 4.79 Å². The third-order valence-electron chi connectivity index (χ3n) is 2.32. The molecule has 2 rings (SSSR count). The van der Waals surface area contributed by atoms with Crippen molar-refractivity contribution in [3.63, 3.8) is 0 Å². The van der Waals surface area contributed by atoms with Crippen molar-refractivity contribution in [3.05, 3.63) is 46.2 Å². The van der Waals surface area contributed by atoms with Gasteiger partial charge in [-0.2, -0.15) is 5.10 Å². The molecule has 0 spiro atoms. The lowest BCUT2D eigenvalue weighted by Crippen LogP contribution is -2.01. The summed E-state index contributed by atoms with van der Waals surface area (Å²) in [5.41, 5.74) is 0.964. The maximum atomic E-state index is 11.0. The predicted molar refractivity (Wildman–Crippen MR) is 68.6 cm³/mol. The summed E-state index contributed by atoms with van der Waals surface area (Å²) in [4.78, 5) is 11.0. The van der Waals surface area contributed by atoms with Gasteiger partial charge in [0.25, 0.3) is 0 Å². The molecule has 94 valence electrons. The minimum absolute atomic E-state index is 0.175. The van der Waals surface area contributed by atoms with Crippen LogP contribution in [0.4, 0.5) is 0 Å². The van der Waals surface area contributed by atoms with Gasteiger partial charge in [-0.15, -0.1) is 0 Å². The third-order valence-corrected chi connectivity index (χ3v) is 3.02. The molecule has 6 heteroatoms. The number of halogens is 1. The lowest BCUT2D eigenvalue weighted by molar-refractivity contribution is 0.0695. The summed E-state index contributed by atoms with van der Waals surface area (Å²) < 4.78 is 7.70. The molecule has 18 heavy (non-hydrogen) atoms. The third kappa shape index (κ3) is 2.89. The highest BCUT2D eigenvalue weighted by Gasteiger charge is 2.09. The van der Waals surface area contributed by atoms with Crippen molar-refractivity contribution in [2.24, 2.45) is 7.05 Å². The van der Waals surface area contributed by atoms with E-state index in [0.717, 1.165) is 5.69 Å². The number of hydrogen-bond donors (Lipinski definition) is 1. The highest BCUT2D eigenvalue weighted by Crippen LogP contribution is 2.23. The van der Waals surface area contributed by atoms with Gasteiger partial charge in [-0.1, -0.05) is 0 Å². The first-order valence-electron chi connectivity index (χ1n) is 5.20. The average molecular weight is 311 g/mol. The van der Waals surface area contributed by atoms with Crippen molar-refractivity contribution in [2.45, 2.75) is 6.61 Å². The molecule has 0 bridgehead atoms. The number of nitrogens with zero attached hydrogens (tertiary/aromatic N) is 2. The molecule has 0 saturated heterocycles. The molecule has 0 radical (unpaired) electrons. The number of rotatable bonds is 4. The van der Waals surface area contributed by atoms with Crippen LogP contribution in [0.15, 0.2) is 34.9 Å².